The fourth-order valence-electron chi connectivity index (χ4n) is 2.24. The number of nitrogens with zero attached hydrogens (tertiary/aromatic N) is 1. The Labute approximate surface area is 121 Å². The first-order valence-electron chi connectivity index (χ1n) is 6.44. The fourth-order valence-corrected chi connectivity index (χ4v) is 2.24. The van der Waals surface area contributed by atoms with Gasteiger partial charge >= 0.3 is 5.97 Å². The molecule has 0 bridgehead atoms. The van der Waals surface area contributed by atoms with Crippen LogP contribution in [0.5, 0.6) is 0 Å². The van der Waals surface area contributed by atoms with Crippen molar-refractivity contribution in [3.8, 4) is 11.1 Å². The van der Waals surface area contributed by atoms with Crippen LogP contribution in [0.1, 0.15) is 11.1 Å². The third kappa shape index (κ3) is 2.31. The van der Waals surface area contributed by atoms with E-state index >= 15 is 0 Å². The lowest BCUT2D eigenvalue weighted by Crippen LogP contribution is -1.98. The minimum absolute atomic E-state index is 0.0293. The van der Waals surface area contributed by atoms with E-state index in [1.165, 1.54) is 0 Å². The number of fused-ring (bicyclic) bond motifs is 1. The molecule has 4 heteroatoms. The molecule has 1 aromatic heterocycles. The van der Waals surface area contributed by atoms with Crippen molar-refractivity contribution in [2.45, 2.75) is 6.92 Å². The number of rotatable bonds is 3. The third-order valence-electron chi connectivity index (χ3n) is 3.44. The summed E-state index contributed by atoms with van der Waals surface area (Å²) in [6.45, 7) is 5.62. The lowest BCUT2D eigenvalue weighted by Gasteiger charge is -2.07. The number of aliphatic carboxylic acids is 1. The largest absolute Gasteiger partial charge is 0.478 e. The van der Waals surface area contributed by atoms with Crippen LogP contribution in [0.15, 0.2) is 53.7 Å². The van der Waals surface area contributed by atoms with E-state index in [9.17, 15) is 4.79 Å². The van der Waals surface area contributed by atoms with Crippen LogP contribution in [0.25, 0.3) is 27.7 Å². The zero-order valence-corrected chi connectivity index (χ0v) is 11.5. The first-order valence-corrected chi connectivity index (χ1v) is 6.44. The number of carbonyl (C=O) groups is 1. The summed E-state index contributed by atoms with van der Waals surface area (Å²) in [7, 11) is 0. The highest BCUT2D eigenvalue weighted by Crippen LogP contribution is 2.32. The first-order chi connectivity index (χ1) is 10.1. The first kappa shape index (κ1) is 13.1. The summed E-state index contributed by atoms with van der Waals surface area (Å²) in [4.78, 5) is 11.1. The van der Waals surface area contributed by atoms with E-state index in [1.54, 1.807) is 18.3 Å². The van der Waals surface area contributed by atoms with Crippen LogP contribution in [-0.2, 0) is 4.79 Å². The molecule has 0 aliphatic carbocycles. The molecule has 0 saturated heterocycles. The Bertz CT molecular complexity index is 844. The molecule has 104 valence electrons. The molecule has 1 heterocycles. The van der Waals surface area contributed by atoms with Gasteiger partial charge in [0.2, 0.25) is 0 Å². The fraction of sp³-hybridized carbons (Fsp3) is 0.0588. The Kier molecular flexibility index (Phi) is 3.06. The van der Waals surface area contributed by atoms with Gasteiger partial charge < -0.3 is 9.63 Å². The van der Waals surface area contributed by atoms with Gasteiger partial charge in [0, 0.05) is 5.39 Å². The quantitative estimate of drug-likeness (QED) is 0.738. The highest BCUT2D eigenvalue weighted by atomic mass is 16.5. The van der Waals surface area contributed by atoms with Crippen LogP contribution in [0.3, 0.4) is 0 Å². The maximum atomic E-state index is 11.1. The second kappa shape index (κ2) is 4.90. The molecule has 0 aliphatic rings. The van der Waals surface area contributed by atoms with E-state index in [2.05, 4.69) is 11.7 Å². The van der Waals surface area contributed by atoms with E-state index in [0.717, 1.165) is 22.1 Å². The minimum Gasteiger partial charge on any atom is -0.478 e. The predicted molar refractivity (Wildman–Crippen MR) is 80.9 cm³/mol. The molecule has 0 amide bonds. The van der Waals surface area contributed by atoms with Gasteiger partial charge in [-0.25, -0.2) is 4.79 Å². The van der Waals surface area contributed by atoms with Crippen LogP contribution in [0, 0.1) is 6.92 Å². The molecular weight excluding hydrogens is 266 g/mol. The van der Waals surface area contributed by atoms with Crippen molar-refractivity contribution in [1.29, 1.82) is 0 Å². The Morgan fingerprint density at radius 3 is 2.62 bits per heavy atom. The topological polar surface area (TPSA) is 63.3 Å². The van der Waals surface area contributed by atoms with Gasteiger partial charge in [0.25, 0.3) is 0 Å². The van der Waals surface area contributed by atoms with Crippen molar-refractivity contribution in [3.05, 3.63) is 60.3 Å². The van der Waals surface area contributed by atoms with Crippen molar-refractivity contribution < 1.29 is 14.4 Å². The number of hydrogen-bond acceptors (Lipinski definition) is 3. The lowest BCUT2D eigenvalue weighted by molar-refractivity contribution is -0.130. The Balaban J connectivity index is 2.25. The van der Waals surface area contributed by atoms with E-state index in [-0.39, 0.29) is 5.57 Å². The Morgan fingerprint density at radius 1 is 1.24 bits per heavy atom. The summed E-state index contributed by atoms with van der Waals surface area (Å²) in [6.07, 6.45) is 1.64. The second-order valence-corrected chi connectivity index (χ2v) is 4.91. The summed E-state index contributed by atoms with van der Waals surface area (Å²) in [5, 5.41) is 13.8. The second-order valence-electron chi connectivity index (χ2n) is 4.91. The maximum absolute atomic E-state index is 11.1. The van der Waals surface area contributed by atoms with Gasteiger partial charge in [0.1, 0.15) is 0 Å². The molecule has 1 N–H and O–H groups in total. The smallest absolute Gasteiger partial charge is 0.335 e. The molecular formula is C17H13NO3. The highest BCUT2D eigenvalue weighted by molar-refractivity contribution is 6.15. The van der Waals surface area contributed by atoms with Crippen molar-refractivity contribution in [2.24, 2.45) is 0 Å². The van der Waals surface area contributed by atoms with E-state index < -0.39 is 5.97 Å². The van der Waals surface area contributed by atoms with Gasteiger partial charge in [-0.05, 0) is 35.7 Å². The van der Waals surface area contributed by atoms with E-state index in [1.807, 2.05) is 31.2 Å². The number of benzene rings is 2. The minimum atomic E-state index is -1.05. The van der Waals surface area contributed by atoms with Crippen LogP contribution < -0.4 is 0 Å². The van der Waals surface area contributed by atoms with Crippen LogP contribution in [0.2, 0.25) is 0 Å². The zero-order valence-electron chi connectivity index (χ0n) is 11.5. The number of carboxylic acid groups (broad SMARTS) is 1. The molecule has 0 atom stereocenters. The Hall–Kier alpha value is -2.88. The van der Waals surface area contributed by atoms with Crippen LogP contribution in [0.4, 0.5) is 0 Å². The van der Waals surface area contributed by atoms with E-state index in [0.29, 0.717) is 11.1 Å². The molecule has 4 nitrogen and oxygen atoms in total. The number of carboxylic acids is 1. The van der Waals surface area contributed by atoms with Crippen molar-refractivity contribution in [3.63, 3.8) is 0 Å². The normalized spacial score (nSPS) is 10.7. The molecule has 0 spiro atoms. The van der Waals surface area contributed by atoms with Gasteiger partial charge in [0.05, 0.1) is 11.8 Å². The molecule has 21 heavy (non-hydrogen) atoms. The molecule has 3 rings (SSSR count). The third-order valence-corrected chi connectivity index (χ3v) is 3.44. The monoisotopic (exact) mass is 279 g/mol. The average molecular weight is 279 g/mol. The molecule has 0 fully saturated rings. The summed E-state index contributed by atoms with van der Waals surface area (Å²) in [5.74, 6) is -1.05. The standard InChI is InChI=1S/C17H13NO3/c1-10-3-5-12(6-4-10)14-7-13(11(2)17(19)20)8-16-15(14)9-18-21-16/h3-9H,2H2,1H3,(H,19,20). The molecule has 0 unspecified atom stereocenters. The highest BCUT2D eigenvalue weighted by Gasteiger charge is 2.14. The number of hydrogen-bond donors (Lipinski definition) is 1. The molecule has 2 aromatic carbocycles. The van der Waals surface area contributed by atoms with Gasteiger partial charge in [-0.3, -0.25) is 0 Å². The molecule has 0 saturated carbocycles. The lowest BCUT2D eigenvalue weighted by atomic mass is 9.96. The molecule has 0 aliphatic heterocycles. The predicted octanol–water partition coefficient (Wildman–Crippen LogP) is 3.90. The van der Waals surface area contributed by atoms with Gasteiger partial charge in [0.15, 0.2) is 5.58 Å². The van der Waals surface area contributed by atoms with E-state index in [4.69, 9.17) is 9.63 Å². The zero-order chi connectivity index (χ0) is 15.0. The summed E-state index contributed by atoms with van der Waals surface area (Å²) < 4.78 is 5.19. The Morgan fingerprint density at radius 2 is 1.95 bits per heavy atom. The maximum Gasteiger partial charge on any atom is 0.335 e. The molecule has 0 radical (unpaired) electrons. The SMILES string of the molecule is C=C(C(=O)O)c1cc(-c2ccc(C)cc2)c2cnoc2c1. The summed E-state index contributed by atoms with van der Waals surface area (Å²) in [6, 6.07) is 11.5. The molecule has 3 aromatic rings. The average Bonchev–Trinajstić information content (AvgIpc) is 2.94. The van der Waals surface area contributed by atoms with Crippen LogP contribution >= 0.6 is 0 Å². The number of aryl methyl sites for hydroxylation is 1. The van der Waals surface area contributed by atoms with Gasteiger partial charge in [-0.15, -0.1) is 0 Å². The van der Waals surface area contributed by atoms with Gasteiger partial charge in [-0.2, -0.15) is 0 Å². The summed E-state index contributed by atoms with van der Waals surface area (Å²) >= 11 is 0. The van der Waals surface area contributed by atoms with Crippen molar-refractivity contribution >= 4 is 22.5 Å². The van der Waals surface area contributed by atoms with Crippen molar-refractivity contribution in [2.75, 3.05) is 0 Å². The summed E-state index contributed by atoms with van der Waals surface area (Å²) in [5.41, 5.74) is 4.11. The van der Waals surface area contributed by atoms with Crippen molar-refractivity contribution in [1.82, 2.24) is 5.16 Å². The van der Waals surface area contributed by atoms with Gasteiger partial charge in [-0.1, -0.05) is 41.6 Å². The number of aromatic nitrogens is 1. The van der Waals surface area contributed by atoms with Crippen LogP contribution in [-0.4, -0.2) is 16.2 Å².